The van der Waals surface area contributed by atoms with E-state index in [2.05, 4.69) is 138 Å². The molecule has 6 heteroatoms. The van der Waals surface area contributed by atoms with Crippen molar-refractivity contribution < 1.29 is 0 Å². The molecule has 1 aromatic rings. The second-order valence-electron chi connectivity index (χ2n) is 23.8. The Kier molecular flexibility index (Phi) is 19.2. The van der Waals surface area contributed by atoms with Gasteiger partial charge in [-0.3, -0.25) is 0 Å². The molecule has 16 atom stereocenters. The van der Waals surface area contributed by atoms with Crippen LogP contribution in [-0.4, -0.2) is 0 Å². The molecule has 8 aliphatic rings. The maximum Gasteiger partial charge on any atom is 0.0245 e. The molecule has 1 aromatic carbocycles. The van der Waals surface area contributed by atoms with Crippen molar-refractivity contribution >= 4 is 57.9 Å². The summed E-state index contributed by atoms with van der Waals surface area (Å²) < 4.78 is 0. The van der Waals surface area contributed by atoms with Gasteiger partial charge >= 0.3 is 0 Å². The van der Waals surface area contributed by atoms with Gasteiger partial charge in [-0.1, -0.05) is 116 Å². The van der Waals surface area contributed by atoms with Crippen molar-refractivity contribution in [1.82, 2.24) is 0 Å². The van der Waals surface area contributed by atoms with Crippen LogP contribution in [0, 0.1) is 117 Å². The van der Waals surface area contributed by atoms with E-state index in [0.717, 1.165) is 89.4 Å². The second-order valence-corrected chi connectivity index (χ2v) is 30.9. The second kappa shape index (κ2) is 23.4. The summed E-state index contributed by atoms with van der Waals surface area (Å²) in [6.07, 6.45) is 38.6. The molecule has 65 heavy (non-hydrogen) atoms. The number of terminal acetylenes is 1. The largest absolute Gasteiger partial charge is 0.120 e. The molecule has 0 aromatic heterocycles. The first-order valence-electron chi connectivity index (χ1n) is 26.0. The number of hydrogen-bond acceptors (Lipinski definition) is 2. The third-order valence-corrected chi connectivity index (χ3v) is 27.4. The molecule has 0 saturated heterocycles. The molecular formula is C59H88S6. The third-order valence-electron chi connectivity index (χ3n) is 20.8. The van der Waals surface area contributed by atoms with Crippen molar-refractivity contribution in [1.29, 1.82) is 0 Å². The topological polar surface area (TPSA) is 0 Å². The lowest BCUT2D eigenvalue weighted by atomic mass is 9.46. The number of allylic oxidation sites excluding steroid dienone is 4. The summed E-state index contributed by atoms with van der Waals surface area (Å²) in [6.45, 7) is 20.6. The van der Waals surface area contributed by atoms with E-state index in [1.807, 2.05) is 11.1 Å². The van der Waals surface area contributed by atoms with Crippen LogP contribution in [0.3, 0.4) is 0 Å². The highest BCUT2D eigenvalue weighted by Gasteiger charge is 2.60. The summed E-state index contributed by atoms with van der Waals surface area (Å²) in [4.78, 5) is 0. The van der Waals surface area contributed by atoms with Crippen molar-refractivity contribution in [2.45, 2.75) is 191 Å². The molecule has 360 valence electrons. The number of rotatable bonds is 6. The quantitative estimate of drug-likeness (QED) is 0.206. The van der Waals surface area contributed by atoms with Gasteiger partial charge in [-0.2, -0.15) is 0 Å². The van der Waals surface area contributed by atoms with Gasteiger partial charge < -0.3 is 0 Å². The Labute approximate surface area is 421 Å². The van der Waals surface area contributed by atoms with Gasteiger partial charge in [0.25, 0.3) is 0 Å². The highest BCUT2D eigenvalue weighted by Crippen LogP contribution is 2.69. The summed E-state index contributed by atoms with van der Waals surface area (Å²) in [5.74, 6) is 20.7. The Morgan fingerprint density at radius 2 is 1.09 bits per heavy atom. The lowest BCUT2D eigenvalue weighted by molar-refractivity contribution is -0.0520. The Morgan fingerprint density at radius 1 is 0.631 bits per heavy atom. The highest BCUT2D eigenvalue weighted by molar-refractivity contribution is 8.64. The smallest absolute Gasteiger partial charge is 0.0245 e. The van der Waals surface area contributed by atoms with Crippen molar-refractivity contribution in [3.05, 3.63) is 59.2 Å². The molecular weight excluding hydrogens is 901 g/mol. The fraction of sp³-hybridized carbons (Fsp3) is 0.763. The van der Waals surface area contributed by atoms with Crippen LogP contribution in [0.5, 0.6) is 0 Å². The van der Waals surface area contributed by atoms with Gasteiger partial charge in [-0.05, 0) is 220 Å². The highest BCUT2D eigenvalue weighted by atomic mass is 33.3. The van der Waals surface area contributed by atoms with E-state index >= 15 is 0 Å². The number of fused-ring (bicyclic) bond motifs is 10. The van der Waals surface area contributed by atoms with E-state index in [-0.39, 0.29) is 7.43 Å². The van der Waals surface area contributed by atoms with Crippen LogP contribution in [0.25, 0.3) is 0 Å². The van der Waals surface area contributed by atoms with Crippen molar-refractivity contribution in [2.24, 2.45) is 92.7 Å². The van der Waals surface area contributed by atoms with E-state index in [0.29, 0.717) is 21.7 Å². The Morgan fingerprint density at radius 3 is 1.54 bits per heavy atom. The maximum atomic E-state index is 5.56. The lowest BCUT2D eigenvalue weighted by Gasteiger charge is -2.58. The van der Waals surface area contributed by atoms with E-state index in [9.17, 15) is 0 Å². The van der Waals surface area contributed by atoms with Crippen LogP contribution >= 0.6 is 0 Å². The third kappa shape index (κ3) is 11.2. The maximum absolute atomic E-state index is 5.56. The normalized spacial score (nSPS) is 40.4. The molecule has 0 radical (unpaired) electrons. The van der Waals surface area contributed by atoms with Crippen LogP contribution < -0.4 is 0 Å². The Hall–Kier alpha value is -0.860. The fourth-order valence-electron chi connectivity index (χ4n) is 17.4. The minimum absolute atomic E-state index is 0. The molecule has 0 amide bonds. The van der Waals surface area contributed by atoms with E-state index in [1.165, 1.54) is 151 Å². The fourth-order valence-corrected chi connectivity index (χ4v) is 22.8. The number of benzene rings is 1. The molecule has 0 spiro atoms. The number of hydrogen-bond donors (Lipinski definition) is 0. The van der Waals surface area contributed by atoms with Gasteiger partial charge in [0.05, 0.1) is 0 Å². The lowest BCUT2D eigenvalue weighted by Crippen LogP contribution is -2.50. The monoisotopic (exact) mass is 989 g/mol. The molecule has 0 bridgehead atoms. The van der Waals surface area contributed by atoms with Crippen LogP contribution in [0.4, 0.5) is 0 Å². The van der Waals surface area contributed by atoms with E-state index in [4.69, 9.17) is 6.42 Å². The molecule has 0 heterocycles. The van der Waals surface area contributed by atoms with Gasteiger partial charge in [0.1, 0.15) is 0 Å². The SMILES string of the molecule is C.C#CCC[C@@H](C)[C@H]1CC[C@H]2[C@@H]3CC=C4C[C@@H](C)CC[C@]4(C)[C@H]3CC[C@]12C.C[C@H]1CC[C@@]2(C)C(=CC[C@H]3[C@@H]4CC[C@H]([C@H](C)CCC#Cc5ccccc5)[C@@]4(C)CC[C@@H]32)C1.S=S=S=S=S=S. The molecule has 0 nitrogen and oxygen atoms in total. The van der Waals surface area contributed by atoms with Crippen LogP contribution in [-0.2, 0) is 57.9 Å². The van der Waals surface area contributed by atoms with Crippen LogP contribution in [0.1, 0.15) is 197 Å². The molecule has 6 saturated carbocycles. The van der Waals surface area contributed by atoms with Gasteiger partial charge in [-0.25, -0.2) is 0 Å². The molecule has 0 N–H and O–H groups in total. The van der Waals surface area contributed by atoms with Gasteiger partial charge in [-0.15, -0.1) is 12.3 Å². The Balaban J connectivity index is 0.000000192. The first-order valence-corrected chi connectivity index (χ1v) is 32.7. The summed E-state index contributed by atoms with van der Waals surface area (Å²) in [7, 11) is 5.63. The first kappa shape index (κ1) is 53.5. The molecule has 9 rings (SSSR count). The predicted molar refractivity (Wildman–Crippen MR) is 299 cm³/mol. The summed E-state index contributed by atoms with van der Waals surface area (Å²) in [6, 6.07) is 10.5. The predicted octanol–water partition coefficient (Wildman–Crippen LogP) is 16.5. The summed E-state index contributed by atoms with van der Waals surface area (Å²) in [5.41, 5.74) is 7.05. The van der Waals surface area contributed by atoms with Crippen molar-refractivity contribution in [3.63, 3.8) is 0 Å². The Bertz CT molecular complexity index is 2090. The minimum atomic E-state index is 0. The molecule has 8 aliphatic carbocycles. The summed E-state index contributed by atoms with van der Waals surface area (Å²) >= 11 is 9.03. The van der Waals surface area contributed by atoms with Gasteiger partial charge in [0.2, 0.25) is 0 Å². The molecule has 0 aliphatic heterocycles. The van der Waals surface area contributed by atoms with E-state index < -0.39 is 0 Å². The van der Waals surface area contributed by atoms with Gasteiger partial charge in [0, 0.05) is 76.3 Å². The minimum Gasteiger partial charge on any atom is -0.120 e. The molecule has 6 fully saturated rings. The average molecular weight is 990 g/mol. The van der Waals surface area contributed by atoms with Gasteiger partial charge in [0.15, 0.2) is 0 Å². The zero-order chi connectivity index (χ0) is 45.7. The zero-order valence-corrected chi connectivity index (χ0v) is 46.0. The van der Waals surface area contributed by atoms with E-state index in [1.54, 1.807) is 0 Å². The van der Waals surface area contributed by atoms with Crippen molar-refractivity contribution in [3.8, 4) is 24.2 Å². The summed E-state index contributed by atoms with van der Waals surface area (Å²) in [5, 5.41) is 0. The zero-order valence-electron chi connectivity index (χ0n) is 41.1. The standard InChI is InChI=1S/C32H44.C26H40.CH4.S6/c1-23-18-20-31(3)26(22-23)14-15-27-29-17-16-28(32(29,4)21-19-30(27)31)24(2)10-8-9-13-25-11-6-5-7-12-25;1-6-7-8-19(3)22-11-12-23-21-10-9-20-17-18(2)13-15-25(20,4)24(21)14-16-26(22,23)5;;1-3-5-6-4-2/h5-7,11-12,14,23-24,27-30H,8,10,15-22H2,1-4H3;1,9,18-19,21-24H,7-8,10-17H2,2-5H3;1H4;/t23-,24+,27-,28+,29-,30-,31-,32+;18-,19+,21-,22+,23-,24-,25-,26+;;/m00../s1. The van der Waals surface area contributed by atoms with Crippen molar-refractivity contribution in [2.75, 3.05) is 0 Å². The van der Waals surface area contributed by atoms with Crippen LogP contribution in [0.15, 0.2) is 53.6 Å². The first-order chi connectivity index (χ1) is 30.7. The average Bonchev–Trinajstić information content (AvgIpc) is 3.84. The van der Waals surface area contributed by atoms with Crippen LogP contribution in [0.2, 0.25) is 0 Å². The molecule has 0 unspecified atom stereocenters.